The smallest absolute Gasteiger partial charge is 0.297 e. The summed E-state index contributed by atoms with van der Waals surface area (Å²) in [6.45, 7) is 5.13. The number of hydrogen-bond acceptors (Lipinski definition) is 4. The summed E-state index contributed by atoms with van der Waals surface area (Å²) in [5, 5.41) is 4.27. The molecule has 132 valence electrons. The molecule has 3 aromatic rings. The first-order valence-electron chi connectivity index (χ1n) is 7.95. The molecule has 0 aliphatic carbocycles. The van der Waals surface area contributed by atoms with Crippen LogP contribution < -0.4 is 4.80 Å². The normalized spacial score (nSPS) is 12.2. The summed E-state index contributed by atoms with van der Waals surface area (Å²) in [5.74, 6) is -0.728. The SMILES string of the molecule is CCn1nc(C)cc1C(=O)N=c1sc2cccc(F)c2n1CCOC. The van der Waals surface area contributed by atoms with Crippen LogP contribution in [-0.2, 0) is 17.8 Å². The van der Waals surface area contributed by atoms with Crippen molar-refractivity contribution in [3.05, 3.63) is 46.3 Å². The summed E-state index contributed by atoms with van der Waals surface area (Å²) in [5.41, 5.74) is 1.63. The van der Waals surface area contributed by atoms with Gasteiger partial charge in [0, 0.05) is 20.2 Å². The molecule has 6 nitrogen and oxygen atoms in total. The zero-order valence-electron chi connectivity index (χ0n) is 14.3. The van der Waals surface area contributed by atoms with Gasteiger partial charge in [0.2, 0.25) is 0 Å². The number of halogens is 1. The van der Waals surface area contributed by atoms with Gasteiger partial charge in [-0.15, -0.1) is 0 Å². The second-order valence-electron chi connectivity index (χ2n) is 5.52. The molecule has 2 aromatic heterocycles. The molecule has 0 fully saturated rings. The van der Waals surface area contributed by atoms with Crippen LogP contribution >= 0.6 is 11.3 Å². The first-order valence-corrected chi connectivity index (χ1v) is 8.77. The van der Waals surface area contributed by atoms with E-state index >= 15 is 0 Å². The van der Waals surface area contributed by atoms with Gasteiger partial charge in [-0.1, -0.05) is 17.4 Å². The molecule has 8 heteroatoms. The summed E-state index contributed by atoms with van der Waals surface area (Å²) in [6, 6.07) is 6.58. The number of thiazole rings is 1. The van der Waals surface area contributed by atoms with E-state index < -0.39 is 0 Å². The van der Waals surface area contributed by atoms with E-state index in [2.05, 4.69) is 10.1 Å². The van der Waals surface area contributed by atoms with Crippen LogP contribution in [-0.4, -0.2) is 34.0 Å². The van der Waals surface area contributed by atoms with Crippen molar-refractivity contribution in [2.45, 2.75) is 26.9 Å². The van der Waals surface area contributed by atoms with Crippen molar-refractivity contribution in [1.29, 1.82) is 0 Å². The molecule has 0 aliphatic heterocycles. The van der Waals surface area contributed by atoms with Crippen LogP contribution in [0.3, 0.4) is 0 Å². The van der Waals surface area contributed by atoms with Gasteiger partial charge in [0.1, 0.15) is 11.5 Å². The highest BCUT2D eigenvalue weighted by Gasteiger charge is 2.15. The number of amides is 1. The third-order valence-electron chi connectivity index (χ3n) is 3.79. The maximum Gasteiger partial charge on any atom is 0.297 e. The number of rotatable bonds is 5. The predicted molar refractivity (Wildman–Crippen MR) is 94.2 cm³/mol. The lowest BCUT2D eigenvalue weighted by Crippen LogP contribution is -2.20. The van der Waals surface area contributed by atoms with Crippen molar-refractivity contribution in [2.24, 2.45) is 4.99 Å². The number of fused-ring (bicyclic) bond motifs is 1. The minimum absolute atomic E-state index is 0.340. The molecule has 1 aromatic carbocycles. The van der Waals surface area contributed by atoms with Crippen molar-refractivity contribution in [1.82, 2.24) is 14.3 Å². The Kier molecular flexibility index (Phi) is 5.10. The lowest BCUT2D eigenvalue weighted by molar-refractivity contribution is 0.0987. The highest BCUT2D eigenvalue weighted by atomic mass is 32.1. The Balaban J connectivity index is 2.14. The van der Waals surface area contributed by atoms with Crippen molar-refractivity contribution < 1.29 is 13.9 Å². The van der Waals surface area contributed by atoms with Crippen molar-refractivity contribution in [3.8, 4) is 0 Å². The van der Waals surface area contributed by atoms with Crippen LogP contribution in [0.2, 0.25) is 0 Å². The topological polar surface area (TPSA) is 61.4 Å². The van der Waals surface area contributed by atoms with Crippen molar-refractivity contribution in [2.75, 3.05) is 13.7 Å². The summed E-state index contributed by atoms with van der Waals surface area (Å²) in [7, 11) is 1.58. The van der Waals surface area contributed by atoms with E-state index in [-0.39, 0.29) is 11.7 Å². The first-order chi connectivity index (χ1) is 12.0. The molecule has 0 saturated heterocycles. The van der Waals surface area contributed by atoms with Crippen molar-refractivity contribution >= 4 is 27.5 Å². The molecular formula is C17H19FN4O2S. The number of benzene rings is 1. The third-order valence-corrected chi connectivity index (χ3v) is 4.83. The van der Waals surface area contributed by atoms with Gasteiger partial charge in [0.15, 0.2) is 4.80 Å². The Labute approximate surface area is 148 Å². The lowest BCUT2D eigenvalue weighted by Gasteiger charge is -2.05. The van der Waals surface area contributed by atoms with E-state index in [9.17, 15) is 9.18 Å². The Morgan fingerprint density at radius 3 is 2.96 bits per heavy atom. The largest absolute Gasteiger partial charge is 0.383 e. The second kappa shape index (κ2) is 7.28. The Bertz CT molecular complexity index is 986. The van der Waals surface area contributed by atoms with Gasteiger partial charge in [-0.25, -0.2) is 4.39 Å². The van der Waals surface area contributed by atoms with Crippen LogP contribution in [0.5, 0.6) is 0 Å². The number of carbonyl (C=O) groups is 1. The summed E-state index contributed by atoms with van der Waals surface area (Å²) >= 11 is 1.28. The fourth-order valence-electron chi connectivity index (χ4n) is 2.66. The monoisotopic (exact) mass is 362 g/mol. The number of para-hydroxylation sites is 1. The molecule has 0 unspecified atom stereocenters. The zero-order chi connectivity index (χ0) is 18.0. The summed E-state index contributed by atoms with van der Waals surface area (Å²) in [6.07, 6.45) is 0. The van der Waals surface area contributed by atoms with Gasteiger partial charge < -0.3 is 9.30 Å². The van der Waals surface area contributed by atoms with E-state index in [0.29, 0.717) is 35.7 Å². The first kappa shape index (κ1) is 17.5. The second-order valence-corrected chi connectivity index (χ2v) is 6.53. The zero-order valence-corrected chi connectivity index (χ0v) is 15.1. The van der Waals surface area contributed by atoms with Crippen LogP contribution in [0.15, 0.2) is 29.3 Å². The lowest BCUT2D eigenvalue weighted by atomic mass is 10.3. The van der Waals surface area contributed by atoms with Gasteiger partial charge in [-0.2, -0.15) is 10.1 Å². The molecule has 0 saturated carbocycles. The summed E-state index contributed by atoms with van der Waals surface area (Å²) in [4.78, 5) is 17.3. The highest BCUT2D eigenvalue weighted by Crippen LogP contribution is 2.20. The fraction of sp³-hybridized carbons (Fsp3) is 0.353. The molecule has 0 N–H and O–H groups in total. The Morgan fingerprint density at radius 1 is 1.44 bits per heavy atom. The average molecular weight is 362 g/mol. The van der Waals surface area contributed by atoms with E-state index in [1.807, 2.05) is 19.9 Å². The number of methoxy groups -OCH3 is 1. The van der Waals surface area contributed by atoms with Crippen LogP contribution in [0.1, 0.15) is 23.1 Å². The van der Waals surface area contributed by atoms with Gasteiger partial charge >= 0.3 is 0 Å². The molecule has 2 heterocycles. The third kappa shape index (κ3) is 3.40. The van der Waals surface area contributed by atoms with Crippen LogP contribution in [0, 0.1) is 12.7 Å². The van der Waals surface area contributed by atoms with E-state index in [1.54, 1.807) is 28.5 Å². The average Bonchev–Trinajstić information content (AvgIpc) is 3.13. The number of aromatic nitrogens is 3. The van der Waals surface area contributed by atoms with Crippen LogP contribution in [0.4, 0.5) is 4.39 Å². The van der Waals surface area contributed by atoms with Crippen molar-refractivity contribution in [3.63, 3.8) is 0 Å². The molecule has 0 radical (unpaired) electrons. The minimum Gasteiger partial charge on any atom is -0.383 e. The predicted octanol–water partition coefficient (Wildman–Crippen LogP) is 2.75. The maximum absolute atomic E-state index is 14.3. The van der Waals surface area contributed by atoms with E-state index in [0.717, 1.165) is 10.4 Å². The molecule has 0 bridgehead atoms. The highest BCUT2D eigenvalue weighted by molar-refractivity contribution is 7.16. The molecule has 0 spiro atoms. The molecule has 0 aliphatic rings. The van der Waals surface area contributed by atoms with Crippen LogP contribution in [0.25, 0.3) is 10.2 Å². The van der Waals surface area contributed by atoms with E-state index in [4.69, 9.17) is 4.74 Å². The molecule has 1 amide bonds. The molecule has 0 atom stereocenters. The molecule has 25 heavy (non-hydrogen) atoms. The maximum atomic E-state index is 14.3. The molecular weight excluding hydrogens is 343 g/mol. The van der Waals surface area contributed by atoms with Gasteiger partial charge in [0.25, 0.3) is 5.91 Å². The van der Waals surface area contributed by atoms with Gasteiger partial charge in [0.05, 0.1) is 22.5 Å². The number of aryl methyl sites for hydroxylation is 2. The molecule has 3 rings (SSSR count). The van der Waals surface area contributed by atoms with Gasteiger partial charge in [-0.3, -0.25) is 9.48 Å². The van der Waals surface area contributed by atoms with E-state index in [1.165, 1.54) is 17.4 Å². The number of ether oxygens (including phenoxy) is 1. The number of nitrogens with zero attached hydrogens (tertiary/aromatic N) is 4. The Hall–Kier alpha value is -2.32. The Morgan fingerprint density at radius 2 is 2.24 bits per heavy atom. The number of carbonyl (C=O) groups excluding carboxylic acids is 1. The fourth-order valence-corrected chi connectivity index (χ4v) is 3.73. The van der Waals surface area contributed by atoms with Gasteiger partial charge in [-0.05, 0) is 32.0 Å². The summed E-state index contributed by atoms with van der Waals surface area (Å²) < 4.78 is 23.4. The number of hydrogen-bond donors (Lipinski definition) is 0. The standard InChI is InChI=1S/C17H19FN4O2S/c1-4-22-13(10-11(2)20-22)16(23)19-17-21(8-9-24-3)15-12(18)6-5-7-14(15)25-17/h5-7,10H,4,8-9H2,1-3H3. The quantitative estimate of drug-likeness (QED) is 0.701. The minimum atomic E-state index is -0.388.